The van der Waals surface area contributed by atoms with E-state index in [2.05, 4.69) is 74.4 Å². The molecule has 0 saturated carbocycles. The lowest BCUT2D eigenvalue weighted by Crippen LogP contribution is -2.63. The van der Waals surface area contributed by atoms with Crippen molar-refractivity contribution < 1.29 is 112 Å². The van der Waals surface area contributed by atoms with E-state index < -0.39 is 266 Å². The van der Waals surface area contributed by atoms with E-state index in [1.165, 1.54) is 16.7 Å². The number of likely N-dealkylation sites (tertiary alicyclic amines) is 3. The van der Waals surface area contributed by atoms with Gasteiger partial charge in [-0.1, -0.05) is 120 Å². The molecule has 42 nitrogen and oxygen atoms in total. The number of carboxylic acids is 1. The minimum absolute atomic E-state index is 0.0174. The zero-order chi connectivity index (χ0) is 93.5. The van der Waals surface area contributed by atoms with E-state index in [0.717, 1.165) is 11.3 Å². The van der Waals surface area contributed by atoms with Gasteiger partial charge in [-0.2, -0.15) is 0 Å². The topological polar surface area (TPSA) is 635 Å². The molecule has 18 amide bonds. The van der Waals surface area contributed by atoms with E-state index in [1.54, 1.807) is 113 Å². The number of amides is 18. The molecule has 0 spiro atoms. The minimum atomic E-state index is -1.87. The number of nitrogens with zero attached hydrogens (tertiary/aromatic N) is 3. The number of benzene rings is 1. The number of rotatable bonds is 49. The predicted octanol–water partition coefficient (Wildman–Crippen LogP) is -5.41. The average Bonchev–Trinajstić information content (AvgIpc) is 1.70. The Morgan fingerprint density at radius 2 is 0.840 bits per heavy atom. The Balaban J connectivity index is 1.21. The Kier molecular flexibility index (Phi) is 42.0. The maximum absolute atomic E-state index is 14.6. The van der Waals surface area contributed by atoms with E-state index in [-0.39, 0.29) is 88.2 Å². The van der Waals surface area contributed by atoms with Gasteiger partial charge in [-0.05, 0) is 125 Å². The highest BCUT2D eigenvalue weighted by Gasteiger charge is 2.46. The van der Waals surface area contributed by atoms with Gasteiger partial charge in [-0.15, -0.1) is 0 Å². The maximum atomic E-state index is 14.6. The summed E-state index contributed by atoms with van der Waals surface area (Å²) in [7, 11) is 0. The Morgan fingerprint density at radius 1 is 0.432 bits per heavy atom. The molecule has 4 aliphatic heterocycles. The summed E-state index contributed by atoms with van der Waals surface area (Å²) in [5.74, 6) is -19.7. The number of primary amides is 2. The lowest BCUT2D eigenvalue weighted by atomic mass is 9.96. The average molecular weight is 1770 g/mol. The van der Waals surface area contributed by atoms with E-state index >= 15 is 0 Å². The Labute approximate surface area is 727 Å². The molecule has 0 aliphatic carbocycles. The normalized spacial score (nSPS) is 19.7. The van der Waals surface area contributed by atoms with Gasteiger partial charge in [0.15, 0.2) is 0 Å². The molecule has 4 fully saturated rings. The largest absolute Gasteiger partial charge is 0.480 e. The van der Waals surface area contributed by atoms with Crippen LogP contribution in [0.3, 0.4) is 0 Å². The quantitative estimate of drug-likeness (QED) is 0.0289. The van der Waals surface area contributed by atoms with Crippen LogP contribution in [0.1, 0.15) is 185 Å². The number of hydrogen-bond donors (Lipinski definition) is 20. The van der Waals surface area contributed by atoms with Crippen molar-refractivity contribution in [1.82, 2.24) is 89.1 Å². The second-order valence-electron chi connectivity index (χ2n) is 34.5. The smallest absolute Gasteiger partial charge is 0.326 e. The van der Waals surface area contributed by atoms with Crippen molar-refractivity contribution in [1.29, 1.82) is 0 Å². The molecule has 4 heterocycles. The third-order valence-corrected chi connectivity index (χ3v) is 22.5. The second kappa shape index (κ2) is 50.2. The number of aliphatic hydroxyl groups is 3. The number of hydrogen-bond acceptors (Lipinski definition) is 23. The van der Waals surface area contributed by atoms with Gasteiger partial charge in [0.25, 0.3) is 0 Å². The Morgan fingerprint density at radius 3 is 1.30 bits per heavy atom. The number of nitrogens with two attached hydrogens (primary N) is 2. The van der Waals surface area contributed by atoms with Crippen LogP contribution < -0.4 is 85.9 Å². The van der Waals surface area contributed by atoms with E-state index in [4.69, 9.17) is 11.5 Å². The van der Waals surface area contributed by atoms with Crippen LogP contribution in [0.15, 0.2) is 30.3 Å². The molecule has 1 aromatic rings. The molecule has 18 atom stereocenters. The fourth-order valence-electron chi connectivity index (χ4n) is 15.2. The standard InChI is InChI=1S/C83H133N19O23/c1-14-46(12)66(79(120)89-51(34-41(2)3)70(111)93-56(40-104)72(113)94-55(39-103)71(112)90-53(36-48-22-16-15-17-23-48)82(123)102-33-21-27-59(102)74(115)88-50(28-29-60(84)106)69(110)92-54(83(124)125)37-61(85)107)98-75(116)58-26-19-31-100(58)62(108)38-87-73(114)57-25-20-32-101(57)81(122)52(35-42(4)5)91-80(121)67(47(13)105)99-78(119)65(45(10)11)97-77(118)64(44(8)9)96-76(117)63(43(6)7)95-68(109)49-24-18-30-86-49/h15-17,22-23,41-47,49-59,63-67,86,103-105H,14,18-21,24-40H2,1-13H3,(H2,84,106)(H2,85,107)(H,87,114)(H,88,115)(H,89,120)(H,90,112)(H,91,121)(H,92,110)(H,93,111)(H,94,113)(H,95,109)(H,96,117)(H,97,118)(H,98,116)(H,99,119)(H,124,125)/t46-,47+,49-,50-,51-,52-,53-,54-,55-,56-,57-,58-,59-,63-,64-,65-,66-,67-/m0/s1. The van der Waals surface area contributed by atoms with Crippen LogP contribution in [-0.2, 0) is 97.5 Å². The third kappa shape index (κ3) is 31.6. The number of aliphatic hydroxyl groups excluding tert-OH is 3. The van der Waals surface area contributed by atoms with Crippen molar-refractivity contribution >= 4 is 112 Å². The summed E-state index contributed by atoms with van der Waals surface area (Å²) in [5, 5.41) is 78.1. The summed E-state index contributed by atoms with van der Waals surface area (Å²) in [5.41, 5.74) is 11.0. The van der Waals surface area contributed by atoms with E-state index in [0.29, 0.717) is 37.8 Å². The first-order valence-electron chi connectivity index (χ1n) is 43.1. The fraction of sp³-hybridized carbons (Fsp3) is 0.699. The predicted molar refractivity (Wildman–Crippen MR) is 450 cm³/mol. The van der Waals surface area contributed by atoms with Crippen LogP contribution in [-0.4, -0.2) is 296 Å². The zero-order valence-electron chi connectivity index (χ0n) is 73.8. The monoisotopic (exact) mass is 1760 g/mol. The summed E-state index contributed by atoms with van der Waals surface area (Å²) < 4.78 is 0. The summed E-state index contributed by atoms with van der Waals surface area (Å²) in [4.78, 5) is 264. The molecule has 4 saturated heterocycles. The number of aliphatic carboxylic acids is 1. The van der Waals surface area contributed by atoms with Crippen LogP contribution in [0.4, 0.5) is 0 Å². The molecular formula is C83H133N19O23. The summed E-state index contributed by atoms with van der Waals surface area (Å²) in [6.45, 7) is 19.7. The van der Waals surface area contributed by atoms with Crippen LogP contribution in [0.2, 0.25) is 0 Å². The van der Waals surface area contributed by atoms with Gasteiger partial charge in [0.05, 0.1) is 38.3 Å². The van der Waals surface area contributed by atoms with Crippen LogP contribution in [0.5, 0.6) is 0 Å². The molecule has 22 N–H and O–H groups in total. The lowest BCUT2D eigenvalue weighted by Gasteiger charge is -2.32. The summed E-state index contributed by atoms with van der Waals surface area (Å²) >= 11 is 0. The van der Waals surface area contributed by atoms with Crippen molar-refractivity contribution in [2.24, 2.45) is 47.0 Å². The van der Waals surface area contributed by atoms with Crippen LogP contribution in [0.25, 0.3) is 0 Å². The highest BCUT2D eigenvalue weighted by molar-refractivity contribution is 6.02. The molecule has 0 unspecified atom stereocenters. The molecule has 698 valence electrons. The summed E-state index contributed by atoms with van der Waals surface area (Å²) in [6, 6.07) is -13.8. The van der Waals surface area contributed by atoms with Gasteiger partial charge in [0.2, 0.25) is 106 Å². The second-order valence-corrected chi connectivity index (χ2v) is 34.5. The molecule has 5 rings (SSSR count). The fourth-order valence-corrected chi connectivity index (χ4v) is 15.2. The SMILES string of the molecule is CC[C@H](C)[C@H](NC(=O)[C@@H]1CCCN1C(=O)CNC(=O)[C@@H]1CCCN1C(=O)[C@H](CC(C)C)NC(=O)[C@@H](NC(=O)[C@@H](NC(=O)[C@@H](NC(=O)[C@@H](NC(=O)[C@@H]1CCCN1)C(C)C)C(C)C)C(C)C)[C@@H](C)O)C(=O)N[C@@H](CC(C)C)C(=O)N[C@@H](CO)C(=O)N[C@@H](CO)C(=O)N[C@@H](Cc1ccccc1)C(=O)N1CCC[C@H]1C(=O)N[C@@H](CCC(N)=O)C(=O)N[C@@H](CC(N)=O)C(=O)O. The molecule has 0 aromatic heterocycles. The minimum Gasteiger partial charge on any atom is -0.480 e. The first-order valence-corrected chi connectivity index (χ1v) is 43.1. The highest BCUT2D eigenvalue weighted by atomic mass is 16.4. The molecule has 4 aliphatic rings. The summed E-state index contributed by atoms with van der Waals surface area (Å²) in [6.07, 6.45) is -0.646. The van der Waals surface area contributed by atoms with Crippen molar-refractivity contribution in [3.05, 3.63) is 35.9 Å². The van der Waals surface area contributed by atoms with Gasteiger partial charge in [0.1, 0.15) is 90.6 Å². The van der Waals surface area contributed by atoms with Crippen molar-refractivity contribution in [3.8, 4) is 0 Å². The Bertz CT molecular complexity index is 3960. The van der Waals surface area contributed by atoms with Gasteiger partial charge >= 0.3 is 5.97 Å². The molecule has 125 heavy (non-hydrogen) atoms. The lowest BCUT2D eigenvalue weighted by molar-refractivity contribution is -0.144. The zero-order valence-corrected chi connectivity index (χ0v) is 73.8. The van der Waals surface area contributed by atoms with Gasteiger partial charge < -0.3 is 121 Å². The third-order valence-electron chi connectivity index (χ3n) is 22.5. The first-order chi connectivity index (χ1) is 58.8. The molecule has 0 radical (unpaired) electrons. The molecule has 0 bridgehead atoms. The van der Waals surface area contributed by atoms with E-state index in [9.17, 15) is 112 Å². The van der Waals surface area contributed by atoms with Gasteiger partial charge in [0, 0.05) is 32.5 Å². The maximum Gasteiger partial charge on any atom is 0.326 e. The molecule has 42 heteroatoms. The number of carbonyl (C=O) groups is 19. The van der Waals surface area contributed by atoms with Gasteiger partial charge in [-0.3, -0.25) is 86.3 Å². The van der Waals surface area contributed by atoms with E-state index in [1.807, 2.05) is 0 Å². The highest BCUT2D eigenvalue weighted by Crippen LogP contribution is 2.25. The number of carbonyl (C=O) groups excluding carboxylic acids is 18. The Hall–Kier alpha value is -11.0. The van der Waals surface area contributed by atoms with Crippen molar-refractivity contribution in [2.75, 3.05) is 45.9 Å². The van der Waals surface area contributed by atoms with Gasteiger partial charge in [-0.25, -0.2) is 4.79 Å². The van der Waals surface area contributed by atoms with Crippen molar-refractivity contribution in [3.63, 3.8) is 0 Å². The number of nitrogens with one attached hydrogen (secondary N) is 14. The molecule has 1 aromatic carbocycles. The van der Waals surface area contributed by atoms with Crippen molar-refractivity contribution in [2.45, 2.75) is 289 Å². The number of carboxylic acid groups (broad SMARTS) is 1. The van der Waals surface area contributed by atoms with Crippen LogP contribution in [0, 0.1) is 35.5 Å². The van der Waals surface area contributed by atoms with Crippen LogP contribution >= 0.6 is 0 Å². The molecular weight excluding hydrogens is 1630 g/mol. The first kappa shape index (κ1) is 105.